The lowest BCUT2D eigenvalue weighted by molar-refractivity contribution is -0.0924. The Kier molecular flexibility index (Phi) is 3.03. The molecular formula is C12H16BrNO. The van der Waals surface area contributed by atoms with Crippen LogP contribution in [0.25, 0.3) is 0 Å². The summed E-state index contributed by atoms with van der Waals surface area (Å²) in [6.07, 6.45) is 0. The first-order valence-electron chi connectivity index (χ1n) is 5.17. The Labute approximate surface area is 99.1 Å². The summed E-state index contributed by atoms with van der Waals surface area (Å²) in [5, 5.41) is 3.47. The van der Waals surface area contributed by atoms with E-state index in [-0.39, 0.29) is 0 Å². The van der Waals surface area contributed by atoms with Gasteiger partial charge in [-0.2, -0.15) is 0 Å². The van der Waals surface area contributed by atoms with E-state index in [2.05, 4.69) is 53.3 Å². The number of halogens is 1. The third-order valence-corrected chi connectivity index (χ3v) is 3.42. The minimum absolute atomic E-state index is 0.309. The average molecular weight is 270 g/mol. The molecule has 82 valence electrons. The lowest BCUT2D eigenvalue weighted by Crippen LogP contribution is -2.45. The first-order chi connectivity index (χ1) is 7.09. The molecule has 0 aliphatic carbocycles. The van der Waals surface area contributed by atoms with Crippen LogP contribution in [0.2, 0.25) is 0 Å². The number of benzene rings is 1. The summed E-state index contributed by atoms with van der Waals surface area (Å²) in [6.45, 7) is 7.04. The monoisotopic (exact) mass is 269 g/mol. The van der Waals surface area contributed by atoms with E-state index in [0.717, 1.165) is 24.2 Å². The second kappa shape index (κ2) is 4.14. The van der Waals surface area contributed by atoms with Gasteiger partial charge in [0.25, 0.3) is 0 Å². The van der Waals surface area contributed by atoms with Gasteiger partial charge in [0.1, 0.15) is 0 Å². The van der Waals surface area contributed by atoms with Crippen molar-refractivity contribution in [2.45, 2.75) is 13.8 Å². The Hall–Kier alpha value is -0.540. The molecule has 3 heteroatoms. The molecule has 0 unspecified atom stereocenters. The SMILES string of the molecule is Cc1ccc(Br)c(NCC2(C)COC2)c1. The Morgan fingerprint density at radius 1 is 1.47 bits per heavy atom. The maximum absolute atomic E-state index is 5.23. The Morgan fingerprint density at radius 2 is 2.20 bits per heavy atom. The number of ether oxygens (including phenoxy) is 1. The molecule has 15 heavy (non-hydrogen) atoms. The van der Waals surface area contributed by atoms with E-state index >= 15 is 0 Å². The topological polar surface area (TPSA) is 21.3 Å². The molecule has 1 heterocycles. The lowest BCUT2D eigenvalue weighted by atomic mass is 9.88. The first kappa shape index (κ1) is 11.0. The molecule has 0 spiro atoms. The van der Waals surface area contributed by atoms with Crippen LogP contribution in [0.1, 0.15) is 12.5 Å². The number of aryl methyl sites for hydroxylation is 1. The van der Waals surface area contributed by atoms with Crippen LogP contribution >= 0.6 is 15.9 Å². The van der Waals surface area contributed by atoms with Crippen LogP contribution in [-0.4, -0.2) is 19.8 Å². The van der Waals surface area contributed by atoms with Crippen molar-refractivity contribution in [3.63, 3.8) is 0 Å². The summed E-state index contributed by atoms with van der Waals surface area (Å²) < 4.78 is 6.35. The highest BCUT2D eigenvalue weighted by atomic mass is 79.9. The molecule has 0 radical (unpaired) electrons. The van der Waals surface area contributed by atoms with Gasteiger partial charge in [-0.3, -0.25) is 0 Å². The van der Waals surface area contributed by atoms with Crippen molar-refractivity contribution in [2.24, 2.45) is 5.41 Å². The number of hydrogen-bond donors (Lipinski definition) is 1. The van der Waals surface area contributed by atoms with Gasteiger partial charge in [0, 0.05) is 22.1 Å². The van der Waals surface area contributed by atoms with Gasteiger partial charge in [-0.1, -0.05) is 13.0 Å². The molecule has 0 aromatic heterocycles. The third-order valence-electron chi connectivity index (χ3n) is 2.73. The summed E-state index contributed by atoms with van der Waals surface area (Å²) in [5.41, 5.74) is 2.75. The van der Waals surface area contributed by atoms with E-state index in [1.165, 1.54) is 11.3 Å². The molecule has 2 nitrogen and oxygen atoms in total. The summed E-state index contributed by atoms with van der Waals surface area (Å²) in [7, 11) is 0. The van der Waals surface area contributed by atoms with Crippen LogP contribution < -0.4 is 5.32 Å². The average Bonchev–Trinajstić information content (AvgIpc) is 2.17. The second-order valence-corrected chi connectivity index (χ2v) is 5.49. The van der Waals surface area contributed by atoms with Gasteiger partial charge >= 0.3 is 0 Å². The standard InChI is InChI=1S/C12H16BrNO/c1-9-3-4-10(13)11(5-9)14-6-12(2)7-15-8-12/h3-5,14H,6-8H2,1-2H3. The zero-order valence-electron chi connectivity index (χ0n) is 9.14. The van der Waals surface area contributed by atoms with Gasteiger partial charge in [0.05, 0.1) is 13.2 Å². The maximum atomic E-state index is 5.23. The normalized spacial score (nSPS) is 18.3. The van der Waals surface area contributed by atoms with E-state index in [1.807, 2.05) is 0 Å². The second-order valence-electron chi connectivity index (χ2n) is 4.64. The third kappa shape index (κ3) is 2.52. The Bertz CT molecular complexity index is 361. The Balaban J connectivity index is 2.01. The van der Waals surface area contributed by atoms with E-state index in [4.69, 9.17) is 4.74 Å². The molecule has 1 aliphatic heterocycles. The molecule has 1 aliphatic rings. The smallest absolute Gasteiger partial charge is 0.0559 e. The van der Waals surface area contributed by atoms with Gasteiger partial charge in [-0.25, -0.2) is 0 Å². The van der Waals surface area contributed by atoms with Crippen molar-refractivity contribution < 1.29 is 4.74 Å². The van der Waals surface area contributed by atoms with Crippen molar-refractivity contribution in [1.82, 2.24) is 0 Å². The van der Waals surface area contributed by atoms with Crippen LogP contribution in [0.3, 0.4) is 0 Å². The van der Waals surface area contributed by atoms with E-state index in [0.29, 0.717) is 5.41 Å². The molecule has 1 fully saturated rings. The van der Waals surface area contributed by atoms with Crippen molar-refractivity contribution >= 4 is 21.6 Å². The zero-order chi connectivity index (χ0) is 10.9. The predicted octanol–water partition coefficient (Wildman–Crippen LogP) is 3.21. The summed E-state index contributed by atoms with van der Waals surface area (Å²) in [4.78, 5) is 0. The molecule has 1 saturated heterocycles. The van der Waals surface area contributed by atoms with Crippen LogP contribution in [0.5, 0.6) is 0 Å². The minimum atomic E-state index is 0.309. The van der Waals surface area contributed by atoms with E-state index in [9.17, 15) is 0 Å². The van der Waals surface area contributed by atoms with Gasteiger partial charge < -0.3 is 10.1 Å². The van der Waals surface area contributed by atoms with Crippen LogP contribution in [-0.2, 0) is 4.74 Å². The van der Waals surface area contributed by atoms with Crippen LogP contribution in [0, 0.1) is 12.3 Å². The number of anilines is 1. The minimum Gasteiger partial charge on any atom is -0.383 e. The molecular weight excluding hydrogens is 254 g/mol. The van der Waals surface area contributed by atoms with Gasteiger partial charge in [-0.15, -0.1) is 0 Å². The van der Waals surface area contributed by atoms with Crippen LogP contribution in [0.15, 0.2) is 22.7 Å². The summed E-state index contributed by atoms with van der Waals surface area (Å²) in [6, 6.07) is 6.34. The fraction of sp³-hybridized carbons (Fsp3) is 0.500. The predicted molar refractivity (Wildman–Crippen MR) is 66.3 cm³/mol. The molecule has 2 rings (SSSR count). The largest absolute Gasteiger partial charge is 0.383 e. The lowest BCUT2D eigenvalue weighted by Gasteiger charge is -2.38. The molecule has 0 bridgehead atoms. The summed E-state index contributed by atoms with van der Waals surface area (Å²) >= 11 is 3.54. The number of nitrogens with one attached hydrogen (secondary N) is 1. The highest BCUT2D eigenvalue weighted by molar-refractivity contribution is 9.10. The van der Waals surface area contributed by atoms with Crippen molar-refractivity contribution in [1.29, 1.82) is 0 Å². The zero-order valence-corrected chi connectivity index (χ0v) is 10.7. The summed E-state index contributed by atoms with van der Waals surface area (Å²) in [5.74, 6) is 0. The van der Waals surface area contributed by atoms with Gasteiger partial charge in [-0.05, 0) is 40.5 Å². The van der Waals surface area contributed by atoms with Crippen molar-refractivity contribution in [2.75, 3.05) is 25.1 Å². The van der Waals surface area contributed by atoms with E-state index in [1.54, 1.807) is 0 Å². The highest BCUT2D eigenvalue weighted by Gasteiger charge is 2.32. The van der Waals surface area contributed by atoms with Crippen molar-refractivity contribution in [3.05, 3.63) is 28.2 Å². The van der Waals surface area contributed by atoms with Crippen LogP contribution in [0.4, 0.5) is 5.69 Å². The van der Waals surface area contributed by atoms with E-state index < -0.39 is 0 Å². The fourth-order valence-corrected chi connectivity index (χ4v) is 2.02. The highest BCUT2D eigenvalue weighted by Crippen LogP contribution is 2.29. The number of hydrogen-bond acceptors (Lipinski definition) is 2. The van der Waals surface area contributed by atoms with Crippen molar-refractivity contribution in [3.8, 4) is 0 Å². The molecule has 1 aromatic carbocycles. The molecule has 0 atom stereocenters. The quantitative estimate of drug-likeness (QED) is 0.910. The van der Waals surface area contributed by atoms with Gasteiger partial charge in [0.15, 0.2) is 0 Å². The number of rotatable bonds is 3. The maximum Gasteiger partial charge on any atom is 0.0559 e. The van der Waals surface area contributed by atoms with Gasteiger partial charge in [0.2, 0.25) is 0 Å². The molecule has 0 saturated carbocycles. The molecule has 1 aromatic rings. The Morgan fingerprint density at radius 3 is 2.80 bits per heavy atom. The molecule has 0 amide bonds. The molecule has 1 N–H and O–H groups in total. The fourth-order valence-electron chi connectivity index (χ4n) is 1.64. The first-order valence-corrected chi connectivity index (χ1v) is 5.96.